The Hall–Kier alpha value is 2.23. The predicted octanol–water partition coefficient (Wildman–Crippen LogP) is -3.76. The Labute approximate surface area is 104 Å². The van der Waals surface area contributed by atoms with Crippen molar-refractivity contribution in [2.75, 3.05) is 0 Å². The first kappa shape index (κ1) is 22.5. The molecule has 0 unspecified atom stereocenters. The number of rotatable bonds is 0. The summed E-state index contributed by atoms with van der Waals surface area (Å²) in [5, 5.41) is 0. The van der Waals surface area contributed by atoms with Crippen LogP contribution < -0.4 is 8.32 Å². The topological polar surface area (TPSA) is 80.3 Å². The van der Waals surface area contributed by atoms with Gasteiger partial charge in [0.2, 0.25) is 0 Å². The van der Waals surface area contributed by atoms with E-state index in [0.717, 1.165) is 0 Å². The summed E-state index contributed by atoms with van der Waals surface area (Å²) in [5.41, 5.74) is 0. The van der Waals surface area contributed by atoms with Crippen LogP contribution in [0.25, 0.3) is 0 Å². The van der Waals surface area contributed by atoms with E-state index in [9.17, 15) is 0 Å². The Morgan fingerprint density at radius 3 is 1.00 bits per heavy atom. The third-order valence-corrected chi connectivity index (χ3v) is 0. The Kier molecular flexibility index (Phi) is 98.1. The molecule has 8 heavy (non-hydrogen) atoms. The van der Waals surface area contributed by atoms with Gasteiger partial charge in [-0.1, -0.05) is 0 Å². The molecule has 0 spiro atoms. The van der Waals surface area contributed by atoms with Gasteiger partial charge in [0.25, 0.3) is 0 Å². The summed E-state index contributed by atoms with van der Waals surface area (Å²) < 4.78 is 33.8. The zero-order chi connectivity index (χ0) is 5.41. The maximum atomic E-state index is 8.46. The predicted molar refractivity (Wildman–Crippen MR) is 18.6 cm³/mol. The summed E-state index contributed by atoms with van der Waals surface area (Å²) >= 11 is -3.50. The van der Waals surface area contributed by atoms with E-state index in [4.69, 9.17) is 15.9 Å². The third-order valence-electron chi connectivity index (χ3n) is 0. The maximum absolute atomic E-state index is 8.46. The Balaban J connectivity index is -0.0000000160. The van der Waals surface area contributed by atoms with Gasteiger partial charge in [-0.25, -0.2) is 0 Å². The average Bonchev–Trinajstić information content (AvgIpc) is 1.39. The molecule has 0 amide bonds. The van der Waals surface area contributed by atoms with Gasteiger partial charge >= 0.3 is 70.0 Å². The summed E-state index contributed by atoms with van der Waals surface area (Å²) in [6.07, 6.45) is 0. The van der Waals surface area contributed by atoms with Gasteiger partial charge in [-0.05, 0) is 0 Å². The van der Waals surface area contributed by atoms with Crippen LogP contribution in [0.3, 0.4) is 0 Å². The van der Waals surface area contributed by atoms with Crippen LogP contribution in [0, 0.1) is 35.6 Å². The summed E-state index contributed by atoms with van der Waals surface area (Å²) in [5.74, 6) is 0. The van der Waals surface area contributed by atoms with Gasteiger partial charge in [-0.3, -0.25) is 0 Å². The fourth-order valence-electron chi connectivity index (χ4n) is 0. The summed E-state index contributed by atoms with van der Waals surface area (Å²) in [7, 11) is 0. The van der Waals surface area contributed by atoms with Crippen molar-refractivity contribution >= 4 is 54.0 Å². The molecule has 0 saturated heterocycles. The molecular formula is Al2LaMgO4. The molecule has 35 valence electrons. The summed E-state index contributed by atoms with van der Waals surface area (Å²) in [6, 6.07) is 0. The zero-order valence-electron chi connectivity index (χ0n) is 4.07. The Morgan fingerprint density at radius 2 is 1.00 bits per heavy atom. The summed E-state index contributed by atoms with van der Waals surface area (Å²) in [6.45, 7) is 0. The first-order valence-corrected chi connectivity index (χ1v) is 2.83. The van der Waals surface area contributed by atoms with Gasteiger partial charge in [-0.15, -0.1) is 0 Å². The fraction of sp³-hybridized carbons (Fsp3) is 0. The van der Waals surface area contributed by atoms with Crippen LogP contribution in [0.1, 0.15) is 0 Å². The van der Waals surface area contributed by atoms with E-state index in [0.29, 0.717) is 0 Å². The molecule has 0 fully saturated rings. The molecule has 0 N–H and O–H groups in total. The molecule has 0 rings (SSSR count). The van der Waals surface area contributed by atoms with E-state index in [-0.39, 0.29) is 58.7 Å². The second kappa shape index (κ2) is 35.0. The molecule has 8 heteroatoms. The molecular weight excluding hydrogens is 281 g/mol. The third kappa shape index (κ3) is 86.7. The van der Waals surface area contributed by atoms with Crippen LogP contribution in [0.4, 0.5) is 0 Å². The minimum absolute atomic E-state index is 0. The van der Waals surface area contributed by atoms with Crippen LogP contribution in [0.5, 0.6) is 0 Å². The fourth-order valence-corrected chi connectivity index (χ4v) is 0. The van der Waals surface area contributed by atoms with Crippen LogP contribution in [-0.2, 0) is 7.61 Å². The second-order valence-corrected chi connectivity index (χ2v) is 0.577. The number of hydrogen-bond acceptors (Lipinski definition) is 4. The second-order valence-electron chi connectivity index (χ2n) is 0.192. The van der Waals surface area contributed by atoms with Crippen molar-refractivity contribution < 1.29 is 51.5 Å². The van der Waals surface area contributed by atoms with Crippen molar-refractivity contribution in [2.24, 2.45) is 0 Å². The van der Waals surface area contributed by atoms with Crippen LogP contribution in [-0.4, -0.2) is 54.0 Å². The molecule has 0 aliphatic carbocycles. The van der Waals surface area contributed by atoms with Crippen molar-refractivity contribution in [3.05, 3.63) is 0 Å². The Bertz CT molecular complexity index is 35.0. The molecule has 1 radical (unpaired) electrons. The van der Waals surface area contributed by atoms with Crippen molar-refractivity contribution in [3.63, 3.8) is 0 Å². The molecule has 0 bridgehead atoms. The molecule has 0 aliphatic heterocycles. The minimum atomic E-state index is -1.75. The van der Waals surface area contributed by atoms with Gasteiger partial charge < -0.3 is 0 Å². The van der Waals surface area contributed by atoms with E-state index in [1.807, 2.05) is 0 Å². The van der Waals surface area contributed by atoms with Crippen LogP contribution >= 0.6 is 0 Å². The molecule has 0 aromatic rings. The van der Waals surface area contributed by atoms with E-state index in [1.54, 1.807) is 0 Å². The first-order chi connectivity index (χ1) is 2.83. The molecule has 0 aliphatic rings. The zero-order valence-corrected chi connectivity index (χ0v) is 11.4. The van der Waals surface area contributed by atoms with Gasteiger partial charge in [0.1, 0.15) is 0 Å². The standard InChI is InChI=1S/2Al.La.Mg.4O/q;;;+2;;;2*-1. The normalized spacial score (nSPS) is 2.00. The van der Waals surface area contributed by atoms with Crippen LogP contribution in [0.2, 0.25) is 0 Å². The van der Waals surface area contributed by atoms with Gasteiger partial charge in [-0.2, -0.15) is 0 Å². The molecule has 0 saturated carbocycles. The molecule has 0 aromatic heterocycles. The molecule has 0 heterocycles. The van der Waals surface area contributed by atoms with Gasteiger partial charge in [0.15, 0.2) is 0 Å². The van der Waals surface area contributed by atoms with Crippen molar-refractivity contribution in [3.8, 4) is 0 Å². The van der Waals surface area contributed by atoms with E-state index in [1.165, 1.54) is 0 Å². The first-order valence-electron chi connectivity index (χ1n) is 0.943. The average molecular weight is 281 g/mol. The van der Waals surface area contributed by atoms with Gasteiger partial charge in [0.05, 0.1) is 0 Å². The molecule has 0 atom stereocenters. The Morgan fingerprint density at radius 1 is 1.00 bits per heavy atom. The molecule has 4 nitrogen and oxygen atoms in total. The van der Waals surface area contributed by atoms with Crippen molar-refractivity contribution in [2.45, 2.75) is 0 Å². The number of hydrogen-bond donors (Lipinski definition) is 0. The van der Waals surface area contributed by atoms with E-state index >= 15 is 0 Å². The van der Waals surface area contributed by atoms with E-state index < -0.39 is 31.0 Å². The van der Waals surface area contributed by atoms with E-state index in [2.05, 4.69) is 0 Å². The van der Waals surface area contributed by atoms with Gasteiger partial charge in [0, 0.05) is 35.6 Å². The summed E-state index contributed by atoms with van der Waals surface area (Å²) in [4.78, 5) is 0. The van der Waals surface area contributed by atoms with Crippen molar-refractivity contribution in [1.82, 2.24) is 0 Å². The molecule has 0 aromatic carbocycles. The van der Waals surface area contributed by atoms with Crippen LogP contribution in [0.15, 0.2) is 0 Å². The monoisotopic (exact) mass is 281 g/mol. The quantitative estimate of drug-likeness (QED) is 0.427. The van der Waals surface area contributed by atoms with Crippen molar-refractivity contribution in [1.29, 1.82) is 0 Å². The SMILES string of the molecule is [La].[Mg+2].[O]=[Al][O-].[O]=[Al][O-].